The molecule has 1 atom stereocenters. The van der Waals surface area contributed by atoms with Crippen molar-refractivity contribution in [2.45, 2.75) is 18.9 Å². The highest BCUT2D eigenvalue weighted by molar-refractivity contribution is 14.1. The molecule has 0 radical (unpaired) electrons. The third-order valence-corrected chi connectivity index (χ3v) is 4.52. The molecule has 0 saturated carbocycles. The standard InChI is InChI=1S/C13H15ClFIN2O/c1-18(8-3-2-4-17-7-8)13(19)9-5-12(16)11(15)6-10(9)14/h5-6,8,17H,2-4,7H2,1H3. The molecule has 1 N–H and O–H groups in total. The van der Waals surface area contributed by atoms with Gasteiger partial charge in [-0.1, -0.05) is 11.6 Å². The van der Waals surface area contributed by atoms with E-state index in [1.165, 1.54) is 12.1 Å². The summed E-state index contributed by atoms with van der Waals surface area (Å²) in [5.74, 6) is -0.555. The molecule has 19 heavy (non-hydrogen) atoms. The van der Waals surface area contributed by atoms with Gasteiger partial charge in [-0.05, 0) is 54.1 Å². The molecular weight excluding hydrogens is 382 g/mol. The van der Waals surface area contributed by atoms with Crippen molar-refractivity contribution in [2.75, 3.05) is 20.1 Å². The summed E-state index contributed by atoms with van der Waals surface area (Å²) in [7, 11) is 1.77. The molecule has 1 aliphatic heterocycles. The van der Waals surface area contributed by atoms with Crippen molar-refractivity contribution in [3.8, 4) is 0 Å². The molecule has 6 heteroatoms. The summed E-state index contributed by atoms with van der Waals surface area (Å²) in [6.07, 6.45) is 2.03. The number of amides is 1. The molecule has 0 bridgehead atoms. The molecule has 1 aliphatic rings. The molecule has 0 spiro atoms. The van der Waals surface area contributed by atoms with E-state index in [4.69, 9.17) is 11.6 Å². The number of piperidine rings is 1. The highest BCUT2D eigenvalue weighted by atomic mass is 127. The molecule has 1 aromatic carbocycles. The molecular formula is C13H15ClFIN2O. The first-order valence-electron chi connectivity index (χ1n) is 6.13. The second kappa shape index (κ2) is 6.37. The van der Waals surface area contributed by atoms with Gasteiger partial charge in [0.2, 0.25) is 0 Å². The van der Waals surface area contributed by atoms with Crippen molar-refractivity contribution in [3.63, 3.8) is 0 Å². The van der Waals surface area contributed by atoms with Gasteiger partial charge < -0.3 is 10.2 Å². The Balaban J connectivity index is 2.21. The fourth-order valence-electron chi connectivity index (χ4n) is 2.21. The topological polar surface area (TPSA) is 32.3 Å². The third-order valence-electron chi connectivity index (χ3n) is 3.38. The van der Waals surface area contributed by atoms with Crippen molar-refractivity contribution in [1.82, 2.24) is 10.2 Å². The quantitative estimate of drug-likeness (QED) is 0.616. The maximum absolute atomic E-state index is 13.4. The van der Waals surface area contributed by atoms with Crippen LogP contribution >= 0.6 is 34.2 Å². The number of nitrogens with one attached hydrogen (secondary N) is 1. The van der Waals surface area contributed by atoms with Gasteiger partial charge in [0.05, 0.1) is 10.6 Å². The normalized spacial score (nSPS) is 19.3. The second-order valence-corrected chi connectivity index (χ2v) is 6.23. The van der Waals surface area contributed by atoms with Crippen LogP contribution in [0.3, 0.4) is 0 Å². The summed E-state index contributed by atoms with van der Waals surface area (Å²) in [5, 5.41) is 3.43. The Kier molecular flexibility index (Phi) is 5.03. The predicted octanol–water partition coefficient (Wildman–Crippen LogP) is 2.91. The van der Waals surface area contributed by atoms with Crippen molar-refractivity contribution < 1.29 is 9.18 Å². The van der Waals surface area contributed by atoms with Gasteiger partial charge in [0.1, 0.15) is 5.82 Å². The minimum Gasteiger partial charge on any atom is -0.337 e. The molecule has 104 valence electrons. The van der Waals surface area contributed by atoms with E-state index >= 15 is 0 Å². The predicted molar refractivity (Wildman–Crippen MR) is 82.1 cm³/mol. The largest absolute Gasteiger partial charge is 0.337 e. The Morgan fingerprint density at radius 1 is 1.58 bits per heavy atom. The van der Waals surface area contributed by atoms with Crippen LogP contribution in [0.25, 0.3) is 0 Å². The highest BCUT2D eigenvalue weighted by Gasteiger charge is 2.24. The first kappa shape index (κ1) is 15.0. The summed E-state index contributed by atoms with van der Waals surface area (Å²) >= 11 is 7.83. The molecule has 0 aliphatic carbocycles. The SMILES string of the molecule is CN(C(=O)c1cc(I)c(F)cc1Cl)C1CCCNC1. The van der Waals surface area contributed by atoms with Crippen LogP contribution in [0.15, 0.2) is 12.1 Å². The lowest BCUT2D eigenvalue weighted by molar-refractivity contribution is 0.0708. The molecule has 1 amide bonds. The summed E-state index contributed by atoms with van der Waals surface area (Å²) < 4.78 is 13.8. The number of rotatable bonds is 2. The molecule has 1 aromatic rings. The van der Waals surface area contributed by atoms with Crippen molar-refractivity contribution in [1.29, 1.82) is 0 Å². The summed E-state index contributed by atoms with van der Waals surface area (Å²) in [4.78, 5) is 14.1. The van der Waals surface area contributed by atoms with Crippen molar-refractivity contribution in [2.24, 2.45) is 0 Å². The van der Waals surface area contributed by atoms with Gasteiger partial charge in [-0.3, -0.25) is 4.79 Å². The molecule has 2 rings (SSSR count). The molecule has 3 nitrogen and oxygen atoms in total. The fraction of sp³-hybridized carbons (Fsp3) is 0.462. The summed E-state index contributed by atoms with van der Waals surface area (Å²) in [6.45, 7) is 1.78. The van der Waals surface area contributed by atoms with Gasteiger partial charge >= 0.3 is 0 Å². The van der Waals surface area contributed by atoms with Crippen LogP contribution in [0.1, 0.15) is 23.2 Å². The van der Waals surface area contributed by atoms with Crippen LogP contribution in [-0.4, -0.2) is 37.0 Å². The minimum atomic E-state index is -0.399. The van der Waals surface area contributed by atoms with Gasteiger partial charge in [-0.25, -0.2) is 4.39 Å². The van der Waals surface area contributed by atoms with Gasteiger partial charge in [0.25, 0.3) is 5.91 Å². The molecule has 1 heterocycles. The van der Waals surface area contributed by atoms with Crippen LogP contribution in [-0.2, 0) is 0 Å². The van der Waals surface area contributed by atoms with Gasteiger partial charge in [0.15, 0.2) is 0 Å². The maximum Gasteiger partial charge on any atom is 0.255 e. The third kappa shape index (κ3) is 3.38. The number of carbonyl (C=O) groups is 1. The number of carbonyl (C=O) groups excluding carboxylic acids is 1. The second-order valence-electron chi connectivity index (χ2n) is 4.66. The van der Waals surface area contributed by atoms with Crippen LogP contribution < -0.4 is 5.32 Å². The van der Waals surface area contributed by atoms with E-state index in [0.29, 0.717) is 9.13 Å². The van der Waals surface area contributed by atoms with E-state index in [9.17, 15) is 9.18 Å². The van der Waals surface area contributed by atoms with Crippen LogP contribution in [0.5, 0.6) is 0 Å². The molecule has 1 unspecified atom stereocenters. The Morgan fingerprint density at radius 2 is 2.32 bits per heavy atom. The van der Waals surface area contributed by atoms with E-state index in [1.54, 1.807) is 11.9 Å². The smallest absolute Gasteiger partial charge is 0.255 e. The van der Waals surface area contributed by atoms with Gasteiger partial charge in [-0.15, -0.1) is 0 Å². The zero-order valence-electron chi connectivity index (χ0n) is 10.5. The zero-order valence-corrected chi connectivity index (χ0v) is 13.5. The zero-order chi connectivity index (χ0) is 14.0. The van der Waals surface area contributed by atoms with Gasteiger partial charge in [0, 0.05) is 23.2 Å². The number of likely N-dealkylation sites (N-methyl/N-ethyl adjacent to an activating group) is 1. The molecule has 1 fully saturated rings. The number of benzene rings is 1. The van der Waals surface area contributed by atoms with E-state index in [0.717, 1.165) is 25.9 Å². The lowest BCUT2D eigenvalue weighted by Gasteiger charge is -2.32. The number of hydrogen-bond acceptors (Lipinski definition) is 2. The van der Waals surface area contributed by atoms with E-state index in [2.05, 4.69) is 5.32 Å². The summed E-state index contributed by atoms with van der Waals surface area (Å²) in [5.41, 5.74) is 0.362. The molecule has 0 aromatic heterocycles. The van der Waals surface area contributed by atoms with Crippen LogP contribution in [0.2, 0.25) is 5.02 Å². The summed E-state index contributed by atoms with van der Waals surface area (Å²) in [6, 6.07) is 2.87. The Morgan fingerprint density at radius 3 is 2.95 bits per heavy atom. The van der Waals surface area contributed by atoms with E-state index in [1.807, 2.05) is 22.6 Å². The average molecular weight is 397 g/mol. The number of halogens is 3. The van der Waals surface area contributed by atoms with E-state index in [-0.39, 0.29) is 17.0 Å². The van der Waals surface area contributed by atoms with E-state index < -0.39 is 5.82 Å². The van der Waals surface area contributed by atoms with Crippen molar-refractivity contribution in [3.05, 3.63) is 32.1 Å². The molecule has 1 saturated heterocycles. The average Bonchev–Trinajstić information content (AvgIpc) is 2.42. The monoisotopic (exact) mass is 396 g/mol. The van der Waals surface area contributed by atoms with Crippen LogP contribution in [0.4, 0.5) is 4.39 Å². The lowest BCUT2D eigenvalue weighted by Crippen LogP contribution is -2.46. The lowest BCUT2D eigenvalue weighted by atomic mass is 10.1. The highest BCUT2D eigenvalue weighted by Crippen LogP contribution is 2.24. The fourth-order valence-corrected chi connectivity index (χ4v) is 2.90. The Bertz CT molecular complexity index is 492. The number of hydrogen-bond donors (Lipinski definition) is 1. The first-order valence-corrected chi connectivity index (χ1v) is 7.59. The Hall–Kier alpha value is -0.400. The first-order chi connectivity index (χ1) is 9.00. The minimum absolute atomic E-state index is 0.156. The Labute approximate surface area is 130 Å². The van der Waals surface area contributed by atoms with Crippen molar-refractivity contribution >= 4 is 40.1 Å². The maximum atomic E-state index is 13.4. The number of nitrogens with zero attached hydrogens (tertiary/aromatic N) is 1. The van der Waals surface area contributed by atoms with Gasteiger partial charge in [-0.2, -0.15) is 0 Å². The van der Waals surface area contributed by atoms with Crippen LogP contribution in [0, 0.1) is 9.39 Å².